The van der Waals surface area contributed by atoms with Gasteiger partial charge in [-0.05, 0) is 40.5 Å². The summed E-state index contributed by atoms with van der Waals surface area (Å²) < 4.78 is 12.8. The summed E-state index contributed by atoms with van der Waals surface area (Å²) in [5.74, 6) is 1.04. The van der Waals surface area contributed by atoms with Gasteiger partial charge in [-0.3, -0.25) is 9.48 Å². The lowest BCUT2D eigenvalue weighted by atomic mass is 10.1. The van der Waals surface area contributed by atoms with Crippen molar-refractivity contribution in [2.75, 3.05) is 14.2 Å². The highest BCUT2D eigenvalue weighted by Gasteiger charge is 2.21. The normalized spacial score (nSPS) is 10.5. The molecule has 0 spiro atoms. The number of benzene rings is 1. The van der Waals surface area contributed by atoms with E-state index in [1.165, 1.54) is 7.11 Å². The first-order valence-corrected chi connectivity index (χ1v) is 7.39. The molecule has 1 heterocycles. The van der Waals surface area contributed by atoms with Crippen LogP contribution in [0.25, 0.3) is 0 Å². The average molecular weight is 353 g/mol. The predicted molar refractivity (Wildman–Crippen MR) is 83.2 cm³/mol. The SMILES string of the molecule is CCCn1ncc(OC)c1C(=O)c1ccc(OC)c(Br)c1. The predicted octanol–water partition coefficient (Wildman–Crippen LogP) is 3.30. The van der Waals surface area contributed by atoms with Gasteiger partial charge < -0.3 is 9.47 Å². The van der Waals surface area contributed by atoms with Gasteiger partial charge in [0.2, 0.25) is 5.78 Å². The maximum Gasteiger partial charge on any atom is 0.214 e. The molecule has 0 bridgehead atoms. The van der Waals surface area contributed by atoms with Crippen LogP contribution in [-0.4, -0.2) is 29.8 Å². The maximum atomic E-state index is 12.7. The van der Waals surface area contributed by atoms with Crippen LogP contribution in [0, 0.1) is 0 Å². The first kappa shape index (κ1) is 15.6. The van der Waals surface area contributed by atoms with Gasteiger partial charge in [-0.2, -0.15) is 5.10 Å². The van der Waals surface area contributed by atoms with E-state index in [1.807, 2.05) is 6.92 Å². The smallest absolute Gasteiger partial charge is 0.214 e. The van der Waals surface area contributed by atoms with Crippen LogP contribution in [-0.2, 0) is 6.54 Å². The maximum absolute atomic E-state index is 12.7. The fraction of sp³-hybridized carbons (Fsp3) is 0.333. The number of carbonyl (C=O) groups excluding carboxylic acids is 1. The molecule has 1 aromatic heterocycles. The standard InChI is InChI=1S/C15H17BrN2O3/c1-4-7-18-14(13(21-3)9-17-18)15(19)10-5-6-12(20-2)11(16)8-10/h5-6,8-9H,4,7H2,1-3H3. The molecule has 0 saturated heterocycles. The Bertz CT molecular complexity index is 652. The fourth-order valence-electron chi connectivity index (χ4n) is 2.07. The number of rotatable bonds is 6. The molecule has 0 atom stereocenters. The minimum atomic E-state index is -0.124. The molecule has 2 aromatic rings. The van der Waals surface area contributed by atoms with E-state index in [1.54, 1.807) is 36.2 Å². The topological polar surface area (TPSA) is 53.4 Å². The zero-order valence-electron chi connectivity index (χ0n) is 12.2. The van der Waals surface area contributed by atoms with Gasteiger partial charge in [-0.1, -0.05) is 6.92 Å². The van der Waals surface area contributed by atoms with Gasteiger partial charge in [0.05, 0.1) is 24.9 Å². The van der Waals surface area contributed by atoms with E-state index in [4.69, 9.17) is 9.47 Å². The van der Waals surface area contributed by atoms with Gasteiger partial charge in [-0.25, -0.2) is 0 Å². The highest BCUT2D eigenvalue weighted by molar-refractivity contribution is 9.10. The Hall–Kier alpha value is -1.82. The van der Waals surface area contributed by atoms with E-state index in [2.05, 4.69) is 21.0 Å². The van der Waals surface area contributed by atoms with Gasteiger partial charge in [-0.15, -0.1) is 0 Å². The molecule has 21 heavy (non-hydrogen) atoms. The summed E-state index contributed by atoms with van der Waals surface area (Å²) in [7, 11) is 3.12. The summed E-state index contributed by atoms with van der Waals surface area (Å²) in [5, 5.41) is 4.21. The Kier molecular flexibility index (Phi) is 5.01. The summed E-state index contributed by atoms with van der Waals surface area (Å²) in [6, 6.07) is 5.23. The Balaban J connectivity index is 2.44. The second kappa shape index (κ2) is 6.76. The molecule has 0 unspecified atom stereocenters. The third-order valence-electron chi connectivity index (χ3n) is 3.09. The van der Waals surface area contributed by atoms with Crippen molar-refractivity contribution in [3.05, 3.63) is 40.1 Å². The van der Waals surface area contributed by atoms with Gasteiger partial charge in [0.1, 0.15) is 5.75 Å². The summed E-state index contributed by atoms with van der Waals surface area (Å²) in [6.45, 7) is 2.70. The number of carbonyl (C=O) groups is 1. The second-order valence-electron chi connectivity index (χ2n) is 4.46. The van der Waals surface area contributed by atoms with E-state index < -0.39 is 0 Å². The van der Waals surface area contributed by atoms with Crippen molar-refractivity contribution < 1.29 is 14.3 Å². The Morgan fingerprint density at radius 3 is 2.57 bits per heavy atom. The Morgan fingerprint density at radius 2 is 2.00 bits per heavy atom. The molecule has 5 nitrogen and oxygen atoms in total. The number of methoxy groups -OCH3 is 2. The summed E-state index contributed by atoms with van der Waals surface area (Å²) in [4.78, 5) is 12.7. The van der Waals surface area contributed by atoms with E-state index in [-0.39, 0.29) is 5.78 Å². The van der Waals surface area contributed by atoms with Gasteiger partial charge in [0.25, 0.3) is 0 Å². The number of aromatic nitrogens is 2. The number of halogens is 1. The van der Waals surface area contributed by atoms with Crippen LogP contribution in [0.15, 0.2) is 28.9 Å². The largest absolute Gasteiger partial charge is 0.496 e. The first-order valence-electron chi connectivity index (χ1n) is 6.60. The van der Waals surface area contributed by atoms with Crippen LogP contribution in [0.4, 0.5) is 0 Å². The lowest BCUT2D eigenvalue weighted by Gasteiger charge is -2.09. The van der Waals surface area contributed by atoms with Crippen molar-refractivity contribution in [2.24, 2.45) is 0 Å². The number of aryl methyl sites for hydroxylation is 1. The van der Waals surface area contributed by atoms with Gasteiger partial charge >= 0.3 is 0 Å². The van der Waals surface area contributed by atoms with Crippen LogP contribution in [0.5, 0.6) is 11.5 Å². The van der Waals surface area contributed by atoms with E-state index in [0.29, 0.717) is 29.3 Å². The molecule has 2 rings (SSSR count). The molecule has 0 amide bonds. The molecule has 6 heteroatoms. The van der Waals surface area contributed by atoms with Crippen molar-refractivity contribution in [3.63, 3.8) is 0 Å². The highest BCUT2D eigenvalue weighted by atomic mass is 79.9. The quantitative estimate of drug-likeness (QED) is 0.748. The third-order valence-corrected chi connectivity index (χ3v) is 3.71. The summed E-state index contributed by atoms with van der Waals surface area (Å²) in [6.07, 6.45) is 2.46. The first-order chi connectivity index (χ1) is 10.1. The zero-order chi connectivity index (χ0) is 15.4. The molecule has 1 aromatic carbocycles. The number of ketones is 1. The Morgan fingerprint density at radius 1 is 1.29 bits per heavy atom. The van der Waals surface area contributed by atoms with E-state index in [9.17, 15) is 4.79 Å². The molecule has 0 aliphatic heterocycles. The van der Waals surface area contributed by atoms with Crippen LogP contribution in [0.3, 0.4) is 0 Å². The van der Waals surface area contributed by atoms with Crippen molar-refractivity contribution in [1.82, 2.24) is 9.78 Å². The second-order valence-corrected chi connectivity index (χ2v) is 5.32. The van der Waals surface area contributed by atoms with E-state index in [0.717, 1.165) is 10.9 Å². The van der Waals surface area contributed by atoms with Crippen molar-refractivity contribution in [3.8, 4) is 11.5 Å². The molecular weight excluding hydrogens is 336 g/mol. The molecule has 0 aliphatic rings. The van der Waals surface area contributed by atoms with Crippen molar-refractivity contribution >= 4 is 21.7 Å². The summed E-state index contributed by atoms with van der Waals surface area (Å²) >= 11 is 3.39. The van der Waals surface area contributed by atoms with Gasteiger partial charge in [0.15, 0.2) is 11.4 Å². The lowest BCUT2D eigenvalue weighted by molar-refractivity contribution is 0.102. The van der Waals surface area contributed by atoms with Crippen molar-refractivity contribution in [2.45, 2.75) is 19.9 Å². The molecule has 0 radical (unpaired) electrons. The zero-order valence-corrected chi connectivity index (χ0v) is 13.8. The lowest BCUT2D eigenvalue weighted by Crippen LogP contribution is -2.12. The highest BCUT2D eigenvalue weighted by Crippen LogP contribution is 2.28. The molecular formula is C15H17BrN2O3. The number of hydrogen-bond acceptors (Lipinski definition) is 4. The molecule has 112 valence electrons. The van der Waals surface area contributed by atoms with Crippen LogP contribution >= 0.6 is 15.9 Å². The number of nitrogens with zero attached hydrogens (tertiary/aromatic N) is 2. The number of hydrogen-bond donors (Lipinski definition) is 0. The summed E-state index contributed by atoms with van der Waals surface area (Å²) in [5.41, 5.74) is 1.02. The van der Waals surface area contributed by atoms with Crippen LogP contribution in [0.1, 0.15) is 29.4 Å². The monoisotopic (exact) mass is 352 g/mol. The fourth-order valence-corrected chi connectivity index (χ4v) is 2.61. The minimum absolute atomic E-state index is 0.124. The molecule has 0 aliphatic carbocycles. The van der Waals surface area contributed by atoms with Gasteiger partial charge in [0, 0.05) is 12.1 Å². The average Bonchev–Trinajstić information content (AvgIpc) is 2.89. The van der Waals surface area contributed by atoms with Crippen molar-refractivity contribution in [1.29, 1.82) is 0 Å². The minimum Gasteiger partial charge on any atom is -0.496 e. The molecule has 0 N–H and O–H groups in total. The molecule has 0 fully saturated rings. The number of ether oxygens (including phenoxy) is 2. The molecule has 0 saturated carbocycles. The van der Waals surface area contributed by atoms with E-state index >= 15 is 0 Å². The third kappa shape index (κ3) is 3.10. The van der Waals surface area contributed by atoms with Crippen LogP contribution in [0.2, 0.25) is 0 Å². The van der Waals surface area contributed by atoms with Crippen LogP contribution < -0.4 is 9.47 Å². The Labute approximate surface area is 132 Å².